The molecule has 0 saturated heterocycles. The van der Waals surface area contributed by atoms with Gasteiger partial charge in [-0.15, -0.1) is 0 Å². The number of aliphatic hydroxyl groups is 1. The van der Waals surface area contributed by atoms with Gasteiger partial charge in [0, 0.05) is 11.4 Å². The number of imidazole rings is 1. The first-order valence-electron chi connectivity index (χ1n) is 5.77. The number of aryl methyl sites for hydroxylation is 2. The van der Waals surface area contributed by atoms with Crippen molar-refractivity contribution in [3.05, 3.63) is 41.1 Å². The number of hydrogen-bond donors (Lipinski definition) is 1. The smallest absolute Gasteiger partial charge is 0.138 e. The van der Waals surface area contributed by atoms with Crippen molar-refractivity contribution in [1.29, 1.82) is 0 Å². The van der Waals surface area contributed by atoms with Crippen molar-refractivity contribution < 1.29 is 5.11 Å². The van der Waals surface area contributed by atoms with Crippen molar-refractivity contribution in [1.82, 2.24) is 14.5 Å². The molecule has 0 saturated carbocycles. The maximum Gasteiger partial charge on any atom is 0.138 e. The van der Waals surface area contributed by atoms with Crippen molar-refractivity contribution >= 4 is 0 Å². The standard InChI is InChI=1S/C13H17N3O/c1-4-12-5-11(7-17)6-13(15-12)16-8-14-9(2)10(16)3/h5-6,8,17H,4,7H2,1-3H3. The van der Waals surface area contributed by atoms with Crippen LogP contribution in [0.15, 0.2) is 18.5 Å². The van der Waals surface area contributed by atoms with Gasteiger partial charge in [-0.2, -0.15) is 0 Å². The lowest BCUT2D eigenvalue weighted by molar-refractivity contribution is 0.281. The van der Waals surface area contributed by atoms with Crippen LogP contribution >= 0.6 is 0 Å². The lowest BCUT2D eigenvalue weighted by Crippen LogP contribution is -2.03. The fourth-order valence-corrected chi connectivity index (χ4v) is 1.76. The minimum atomic E-state index is 0.0370. The van der Waals surface area contributed by atoms with E-state index in [2.05, 4.69) is 16.9 Å². The molecular formula is C13H17N3O. The van der Waals surface area contributed by atoms with Gasteiger partial charge in [0.1, 0.15) is 12.1 Å². The summed E-state index contributed by atoms with van der Waals surface area (Å²) < 4.78 is 1.95. The third-order valence-electron chi connectivity index (χ3n) is 2.97. The molecule has 2 heterocycles. The summed E-state index contributed by atoms with van der Waals surface area (Å²) in [6, 6.07) is 3.83. The van der Waals surface area contributed by atoms with Crippen LogP contribution in [-0.2, 0) is 13.0 Å². The molecule has 0 aliphatic heterocycles. The highest BCUT2D eigenvalue weighted by molar-refractivity contribution is 5.33. The number of nitrogens with zero attached hydrogens (tertiary/aromatic N) is 3. The molecule has 0 fully saturated rings. The summed E-state index contributed by atoms with van der Waals surface area (Å²) in [6.07, 6.45) is 2.63. The molecule has 0 amide bonds. The lowest BCUT2D eigenvalue weighted by Gasteiger charge is -2.08. The Balaban J connectivity index is 2.54. The largest absolute Gasteiger partial charge is 0.392 e. The summed E-state index contributed by atoms with van der Waals surface area (Å²) in [5.74, 6) is 0.825. The molecule has 4 heteroatoms. The van der Waals surface area contributed by atoms with Gasteiger partial charge in [-0.25, -0.2) is 9.97 Å². The topological polar surface area (TPSA) is 50.9 Å². The summed E-state index contributed by atoms with van der Waals surface area (Å²) in [6.45, 7) is 6.08. The van der Waals surface area contributed by atoms with E-state index in [0.29, 0.717) is 0 Å². The molecule has 0 spiro atoms. The Morgan fingerprint density at radius 1 is 1.29 bits per heavy atom. The molecule has 0 unspecified atom stereocenters. The van der Waals surface area contributed by atoms with Gasteiger partial charge in [0.2, 0.25) is 0 Å². The highest BCUT2D eigenvalue weighted by Crippen LogP contribution is 2.15. The SMILES string of the molecule is CCc1cc(CO)cc(-n2cnc(C)c2C)n1. The molecule has 2 aromatic heterocycles. The van der Waals surface area contributed by atoms with E-state index in [0.717, 1.165) is 34.9 Å². The van der Waals surface area contributed by atoms with E-state index in [1.807, 2.05) is 30.5 Å². The fraction of sp³-hybridized carbons (Fsp3) is 0.385. The second-order valence-corrected chi connectivity index (χ2v) is 4.12. The van der Waals surface area contributed by atoms with Crippen LogP contribution in [0.25, 0.3) is 5.82 Å². The quantitative estimate of drug-likeness (QED) is 0.878. The highest BCUT2D eigenvalue weighted by atomic mass is 16.3. The van der Waals surface area contributed by atoms with Gasteiger partial charge in [0.25, 0.3) is 0 Å². The Morgan fingerprint density at radius 2 is 2.06 bits per heavy atom. The van der Waals surface area contributed by atoms with E-state index in [1.54, 1.807) is 6.33 Å². The average molecular weight is 231 g/mol. The van der Waals surface area contributed by atoms with E-state index in [4.69, 9.17) is 0 Å². The number of pyridine rings is 1. The van der Waals surface area contributed by atoms with E-state index in [1.165, 1.54) is 0 Å². The normalized spacial score (nSPS) is 10.8. The van der Waals surface area contributed by atoms with Gasteiger partial charge in [0.05, 0.1) is 12.3 Å². The first-order valence-corrected chi connectivity index (χ1v) is 5.77. The molecule has 2 aromatic rings. The van der Waals surface area contributed by atoms with Gasteiger partial charge in [-0.05, 0) is 38.0 Å². The maximum atomic E-state index is 9.25. The first kappa shape index (κ1) is 11.8. The van der Waals surface area contributed by atoms with E-state index < -0.39 is 0 Å². The summed E-state index contributed by atoms with van der Waals surface area (Å²) in [5, 5.41) is 9.25. The Kier molecular flexibility index (Phi) is 3.24. The van der Waals surface area contributed by atoms with Crippen LogP contribution in [0.2, 0.25) is 0 Å². The molecule has 0 atom stereocenters. The Morgan fingerprint density at radius 3 is 2.59 bits per heavy atom. The molecule has 90 valence electrons. The third-order valence-corrected chi connectivity index (χ3v) is 2.97. The van der Waals surface area contributed by atoms with Crippen LogP contribution in [0.5, 0.6) is 0 Å². The zero-order valence-corrected chi connectivity index (χ0v) is 10.4. The summed E-state index contributed by atoms with van der Waals surface area (Å²) in [5.41, 5.74) is 3.95. The molecule has 0 aromatic carbocycles. The number of aliphatic hydroxyl groups excluding tert-OH is 1. The molecule has 0 radical (unpaired) electrons. The molecule has 0 aliphatic carbocycles. The van der Waals surface area contributed by atoms with Gasteiger partial charge < -0.3 is 5.11 Å². The van der Waals surface area contributed by atoms with Crippen molar-refractivity contribution in [2.75, 3.05) is 0 Å². The Hall–Kier alpha value is -1.68. The van der Waals surface area contributed by atoms with Gasteiger partial charge in [0.15, 0.2) is 0 Å². The predicted octanol–water partition coefficient (Wildman–Crippen LogP) is 1.94. The van der Waals surface area contributed by atoms with Crippen LogP contribution in [0.4, 0.5) is 0 Å². The molecule has 0 aliphatic rings. The third kappa shape index (κ3) is 2.22. The summed E-state index contributed by atoms with van der Waals surface area (Å²) in [4.78, 5) is 8.82. The second kappa shape index (κ2) is 4.67. The van der Waals surface area contributed by atoms with Crippen LogP contribution in [0.3, 0.4) is 0 Å². The average Bonchev–Trinajstić information content (AvgIpc) is 2.69. The van der Waals surface area contributed by atoms with Crippen LogP contribution < -0.4 is 0 Å². The predicted molar refractivity (Wildman–Crippen MR) is 66.1 cm³/mol. The van der Waals surface area contributed by atoms with E-state index in [-0.39, 0.29) is 6.61 Å². The fourth-order valence-electron chi connectivity index (χ4n) is 1.76. The van der Waals surface area contributed by atoms with E-state index in [9.17, 15) is 5.11 Å². The van der Waals surface area contributed by atoms with Crippen molar-refractivity contribution in [3.8, 4) is 5.82 Å². The minimum absolute atomic E-state index is 0.0370. The van der Waals surface area contributed by atoms with E-state index >= 15 is 0 Å². The van der Waals surface area contributed by atoms with Gasteiger partial charge in [-0.3, -0.25) is 4.57 Å². The van der Waals surface area contributed by atoms with Crippen LogP contribution in [0, 0.1) is 13.8 Å². The molecular weight excluding hydrogens is 214 g/mol. The molecule has 0 bridgehead atoms. The molecule has 2 rings (SSSR count). The lowest BCUT2D eigenvalue weighted by atomic mass is 10.2. The highest BCUT2D eigenvalue weighted by Gasteiger charge is 2.07. The number of hydrogen-bond acceptors (Lipinski definition) is 3. The number of aromatic nitrogens is 3. The Labute approximate surface area is 101 Å². The summed E-state index contributed by atoms with van der Waals surface area (Å²) >= 11 is 0. The van der Waals surface area contributed by atoms with Crippen LogP contribution in [-0.4, -0.2) is 19.6 Å². The number of rotatable bonds is 3. The van der Waals surface area contributed by atoms with Crippen molar-refractivity contribution in [2.45, 2.75) is 33.8 Å². The van der Waals surface area contributed by atoms with Crippen molar-refractivity contribution in [3.63, 3.8) is 0 Å². The molecule has 4 nitrogen and oxygen atoms in total. The van der Waals surface area contributed by atoms with Crippen LogP contribution in [0.1, 0.15) is 29.6 Å². The monoisotopic (exact) mass is 231 g/mol. The minimum Gasteiger partial charge on any atom is -0.392 e. The van der Waals surface area contributed by atoms with Gasteiger partial charge >= 0.3 is 0 Å². The second-order valence-electron chi connectivity index (χ2n) is 4.12. The Bertz CT molecular complexity index is 509. The summed E-state index contributed by atoms with van der Waals surface area (Å²) in [7, 11) is 0. The maximum absolute atomic E-state index is 9.25. The zero-order chi connectivity index (χ0) is 12.4. The van der Waals surface area contributed by atoms with Gasteiger partial charge in [-0.1, -0.05) is 6.92 Å². The first-order chi connectivity index (χ1) is 8.15. The molecule has 17 heavy (non-hydrogen) atoms. The van der Waals surface area contributed by atoms with Crippen molar-refractivity contribution in [2.24, 2.45) is 0 Å². The molecule has 1 N–H and O–H groups in total. The zero-order valence-electron chi connectivity index (χ0n) is 10.4.